The summed E-state index contributed by atoms with van der Waals surface area (Å²) in [7, 11) is 0. The lowest BCUT2D eigenvalue weighted by molar-refractivity contribution is -0.140. The Morgan fingerprint density at radius 2 is 1.83 bits per heavy atom. The number of nitrogens with zero attached hydrogens (tertiary/aromatic N) is 1. The number of nitrogens with one attached hydrogen (secondary N) is 1. The molecule has 1 aromatic carbocycles. The second-order valence-electron chi connectivity index (χ2n) is 4.57. The molecule has 8 heteroatoms. The first-order chi connectivity index (χ1) is 10.9. The number of ether oxygens (including phenoxy) is 1. The quantitative estimate of drug-likeness (QED) is 0.297. The van der Waals surface area contributed by atoms with E-state index in [0.717, 1.165) is 11.8 Å². The van der Waals surface area contributed by atoms with E-state index >= 15 is 0 Å². The van der Waals surface area contributed by atoms with Crippen LogP contribution in [0.25, 0.3) is 0 Å². The smallest absolute Gasteiger partial charge is 0.344 e. The summed E-state index contributed by atoms with van der Waals surface area (Å²) in [5.74, 6) is -2.44. The predicted molar refractivity (Wildman–Crippen MR) is 81.8 cm³/mol. The summed E-state index contributed by atoms with van der Waals surface area (Å²) in [6.07, 6.45) is 0. The summed E-state index contributed by atoms with van der Waals surface area (Å²) in [4.78, 5) is 48.9. The first-order valence-corrected chi connectivity index (χ1v) is 7.08. The van der Waals surface area contributed by atoms with Crippen LogP contribution in [0, 0.1) is 0 Å². The minimum Gasteiger partial charge on any atom is -0.462 e. The number of urea groups is 1. The Bertz CT molecular complexity index is 724. The van der Waals surface area contributed by atoms with Crippen molar-refractivity contribution in [3.63, 3.8) is 0 Å². The number of ketones is 1. The third kappa shape index (κ3) is 3.24. The molecule has 2 rings (SSSR count). The monoisotopic (exact) mass is 336 g/mol. The molecule has 0 aromatic heterocycles. The van der Waals surface area contributed by atoms with Crippen LogP contribution in [0.15, 0.2) is 35.5 Å². The SMILES string of the molecule is CCOC(=O)C(C(C)=O)=C1NC(=O)N(c2ccc(Cl)cc2)C1=O. The highest BCUT2D eigenvalue weighted by Gasteiger charge is 2.39. The largest absolute Gasteiger partial charge is 0.462 e. The van der Waals surface area contributed by atoms with E-state index in [2.05, 4.69) is 5.32 Å². The number of amides is 3. The van der Waals surface area contributed by atoms with E-state index in [1.165, 1.54) is 24.3 Å². The molecule has 1 aliphatic rings. The molecule has 120 valence electrons. The lowest BCUT2D eigenvalue weighted by Crippen LogP contribution is -2.30. The lowest BCUT2D eigenvalue weighted by atomic mass is 10.1. The minimum atomic E-state index is -0.957. The fourth-order valence-electron chi connectivity index (χ4n) is 2.04. The maximum atomic E-state index is 12.4. The number of halogens is 1. The molecule has 1 aliphatic heterocycles. The molecule has 0 aliphatic carbocycles. The Hall–Kier alpha value is -2.67. The number of carbonyl (C=O) groups excluding carboxylic acids is 4. The lowest BCUT2D eigenvalue weighted by Gasteiger charge is -2.11. The van der Waals surface area contributed by atoms with E-state index < -0.39 is 35.0 Å². The summed E-state index contributed by atoms with van der Waals surface area (Å²) in [5.41, 5.74) is -0.615. The summed E-state index contributed by atoms with van der Waals surface area (Å²) >= 11 is 5.77. The predicted octanol–water partition coefficient (Wildman–Crippen LogP) is 1.80. The maximum absolute atomic E-state index is 12.4. The third-order valence-corrected chi connectivity index (χ3v) is 3.27. The van der Waals surface area contributed by atoms with Crippen molar-refractivity contribution >= 4 is 41.0 Å². The van der Waals surface area contributed by atoms with E-state index in [1.807, 2.05) is 0 Å². The molecule has 1 N–H and O–H groups in total. The summed E-state index contributed by atoms with van der Waals surface area (Å²) in [6, 6.07) is 5.20. The second-order valence-corrected chi connectivity index (χ2v) is 5.01. The zero-order valence-electron chi connectivity index (χ0n) is 12.4. The van der Waals surface area contributed by atoms with Crippen molar-refractivity contribution in [2.75, 3.05) is 11.5 Å². The molecule has 0 atom stereocenters. The van der Waals surface area contributed by atoms with E-state index in [4.69, 9.17) is 16.3 Å². The van der Waals surface area contributed by atoms with Crippen molar-refractivity contribution in [2.24, 2.45) is 0 Å². The van der Waals surface area contributed by atoms with Gasteiger partial charge in [-0.2, -0.15) is 0 Å². The molecule has 0 radical (unpaired) electrons. The number of imide groups is 1. The molecule has 23 heavy (non-hydrogen) atoms. The molecule has 0 unspecified atom stereocenters. The van der Waals surface area contributed by atoms with Gasteiger partial charge in [0.1, 0.15) is 11.3 Å². The van der Waals surface area contributed by atoms with Gasteiger partial charge in [-0.1, -0.05) is 11.6 Å². The Labute approximate surface area is 136 Å². The van der Waals surface area contributed by atoms with Crippen molar-refractivity contribution < 1.29 is 23.9 Å². The standard InChI is InChI=1S/C15H13ClN2O5/c1-3-23-14(21)11(8(2)19)12-13(20)18(15(22)17-12)10-6-4-9(16)5-7-10/h4-7H,3H2,1-2H3,(H,17,22). The van der Waals surface area contributed by atoms with Crippen molar-refractivity contribution in [2.45, 2.75) is 13.8 Å². The Kier molecular flexibility index (Phi) is 4.80. The van der Waals surface area contributed by atoms with Crippen LogP contribution in [0.1, 0.15) is 13.8 Å². The molecule has 1 saturated heterocycles. The summed E-state index contributed by atoms with van der Waals surface area (Å²) < 4.78 is 4.76. The van der Waals surface area contributed by atoms with E-state index in [0.29, 0.717) is 5.02 Å². The minimum absolute atomic E-state index is 0.0337. The average molecular weight is 337 g/mol. The molecule has 3 amide bonds. The number of esters is 1. The third-order valence-electron chi connectivity index (χ3n) is 3.02. The number of benzene rings is 1. The number of carbonyl (C=O) groups is 4. The molecule has 7 nitrogen and oxygen atoms in total. The van der Waals surface area contributed by atoms with Crippen molar-refractivity contribution in [3.8, 4) is 0 Å². The van der Waals surface area contributed by atoms with Crippen LogP contribution in [-0.2, 0) is 19.1 Å². The fraction of sp³-hybridized carbons (Fsp3) is 0.200. The van der Waals surface area contributed by atoms with Gasteiger partial charge in [0, 0.05) is 5.02 Å². The molecule has 0 saturated carbocycles. The molecule has 1 heterocycles. The topological polar surface area (TPSA) is 92.8 Å². The van der Waals surface area contributed by atoms with Crippen molar-refractivity contribution in [3.05, 3.63) is 40.6 Å². The van der Waals surface area contributed by atoms with Crippen LogP contribution >= 0.6 is 11.6 Å². The number of rotatable bonds is 4. The molecular formula is C15H13ClN2O5. The molecule has 1 fully saturated rings. The summed E-state index contributed by atoms with van der Waals surface area (Å²) in [5, 5.41) is 2.69. The second kappa shape index (κ2) is 6.62. The van der Waals surface area contributed by atoms with Gasteiger partial charge in [0.15, 0.2) is 5.78 Å². The average Bonchev–Trinajstić information content (AvgIpc) is 2.75. The van der Waals surface area contributed by atoms with Crippen molar-refractivity contribution in [1.29, 1.82) is 0 Å². The fourth-order valence-corrected chi connectivity index (χ4v) is 2.17. The van der Waals surface area contributed by atoms with E-state index in [9.17, 15) is 19.2 Å². The normalized spacial score (nSPS) is 16.2. The van der Waals surface area contributed by atoms with Crippen molar-refractivity contribution in [1.82, 2.24) is 5.32 Å². The molecule has 0 spiro atoms. The van der Waals surface area contributed by atoms with Crippen LogP contribution in [0.4, 0.5) is 10.5 Å². The van der Waals surface area contributed by atoms with Crippen LogP contribution in [-0.4, -0.2) is 30.3 Å². The van der Waals surface area contributed by atoms with Crippen LogP contribution in [0.2, 0.25) is 5.02 Å². The van der Waals surface area contributed by atoms with Crippen LogP contribution in [0.5, 0.6) is 0 Å². The summed E-state index contributed by atoms with van der Waals surface area (Å²) in [6.45, 7) is 2.71. The van der Waals surface area contributed by atoms with Gasteiger partial charge in [-0.15, -0.1) is 0 Å². The maximum Gasteiger partial charge on any atom is 0.344 e. The van der Waals surface area contributed by atoms with Gasteiger partial charge in [0.2, 0.25) is 0 Å². The highest BCUT2D eigenvalue weighted by atomic mass is 35.5. The molecule has 0 bridgehead atoms. The Morgan fingerprint density at radius 1 is 1.22 bits per heavy atom. The van der Waals surface area contributed by atoms with Gasteiger partial charge in [-0.3, -0.25) is 9.59 Å². The first kappa shape index (κ1) is 16.7. The van der Waals surface area contributed by atoms with Crippen LogP contribution in [0.3, 0.4) is 0 Å². The number of hydrogen-bond acceptors (Lipinski definition) is 5. The van der Waals surface area contributed by atoms with Gasteiger partial charge in [-0.25, -0.2) is 14.5 Å². The van der Waals surface area contributed by atoms with E-state index in [-0.39, 0.29) is 12.3 Å². The van der Waals surface area contributed by atoms with Crippen LogP contribution < -0.4 is 10.2 Å². The highest BCUT2D eigenvalue weighted by Crippen LogP contribution is 2.24. The Balaban J connectivity index is 2.46. The highest BCUT2D eigenvalue weighted by molar-refractivity contribution is 6.33. The Morgan fingerprint density at radius 3 is 2.35 bits per heavy atom. The zero-order chi connectivity index (χ0) is 17.1. The molecule has 1 aromatic rings. The first-order valence-electron chi connectivity index (χ1n) is 6.70. The zero-order valence-corrected chi connectivity index (χ0v) is 13.1. The number of Topliss-reactive ketones (excluding diaryl/α,β-unsaturated/α-hetero) is 1. The number of anilines is 1. The number of hydrogen-bond donors (Lipinski definition) is 1. The van der Waals surface area contributed by atoms with Gasteiger partial charge in [0.25, 0.3) is 5.91 Å². The van der Waals surface area contributed by atoms with Gasteiger partial charge >= 0.3 is 12.0 Å². The van der Waals surface area contributed by atoms with Gasteiger partial charge in [-0.05, 0) is 38.1 Å². The van der Waals surface area contributed by atoms with Gasteiger partial charge < -0.3 is 10.1 Å². The van der Waals surface area contributed by atoms with E-state index in [1.54, 1.807) is 6.92 Å². The molecular weight excluding hydrogens is 324 g/mol. The van der Waals surface area contributed by atoms with Gasteiger partial charge in [0.05, 0.1) is 12.3 Å².